The van der Waals surface area contributed by atoms with Gasteiger partial charge in [-0.05, 0) is 73.9 Å². The van der Waals surface area contributed by atoms with E-state index in [-0.39, 0.29) is 17.6 Å². The number of carbonyl (C=O) groups is 1. The van der Waals surface area contributed by atoms with Crippen molar-refractivity contribution in [2.75, 3.05) is 0 Å². The number of carbonyl (C=O) groups excluding carboxylic acids is 1. The molecule has 35 heavy (non-hydrogen) atoms. The van der Waals surface area contributed by atoms with Crippen LogP contribution in [0.1, 0.15) is 42.9 Å². The average Bonchev–Trinajstić information content (AvgIpc) is 2.80. The van der Waals surface area contributed by atoms with Gasteiger partial charge >= 0.3 is 18.5 Å². The van der Waals surface area contributed by atoms with E-state index < -0.39 is 36.2 Å². The molecule has 0 radical (unpaired) electrons. The van der Waals surface area contributed by atoms with Gasteiger partial charge in [0.1, 0.15) is 17.9 Å². The standard InChI is InChI=1S/C25H27F6NO3/c1-15-21(14-17-7-11-20(12-8-17)35-25(29,30)31)18(3-2-4-22(32)23(33)34-15)13-16-5-9-19(10-6-16)24(26,27)28/h5-12,15,18,21-22H,2-4,13-14,32H2,1H3/t15-,18+,21-,22?/m0/s1. The minimum absolute atomic E-state index is 0.0639. The fourth-order valence-corrected chi connectivity index (χ4v) is 4.49. The topological polar surface area (TPSA) is 61.5 Å². The van der Waals surface area contributed by atoms with Crippen molar-refractivity contribution in [3.63, 3.8) is 0 Å². The fraction of sp³-hybridized carbons (Fsp3) is 0.480. The van der Waals surface area contributed by atoms with E-state index in [4.69, 9.17) is 10.5 Å². The zero-order valence-electron chi connectivity index (χ0n) is 19.0. The van der Waals surface area contributed by atoms with Gasteiger partial charge in [-0.2, -0.15) is 13.2 Å². The number of rotatable bonds is 5. The second-order valence-electron chi connectivity index (χ2n) is 8.90. The van der Waals surface area contributed by atoms with Crippen LogP contribution in [-0.4, -0.2) is 24.5 Å². The highest BCUT2D eigenvalue weighted by molar-refractivity contribution is 5.75. The SMILES string of the molecule is C[C@@H]1OC(=O)C(N)CCC[C@H](Cc2ccc(C(F)(F)F)cc2)[C@H]1Cc1ccc(OC(F)(F)F)cc1. The Morgan fingerprint density at radius 2 is 1.49 bits per heavy atom. The van der Waals surface area contributed by atoms with Gasteiger partial charge in [-0.3, -0.25) is 4.79 Å². The molecular formula is C25H27F6NO3. The summed E-state index contributed by atoms with van der Waals surface area (Å²) in [5.41, 5.74) is 6.61. The first kappa shape index (κ1) is 26.8. The van der Waals surface area contributed by atoms with Crippen molar-refractivity contribution in [2.45, 2.75) is 63.7 Å². The van der Waals surface area contributed by atoms with Gasteiger partial charge < -0.3 is 15.2 Å². The Balaban J connectivity index is 1.84. The van der Waals surface area contributed by atoms with E-state index in [0.29, 0.717) is 43.2 Å². The average molecular weight is 503 g/mol. The lowest BCUT2D eigenvalue weighted by Crippen LogP contribution is -2.37. The molecule has 1 saturated heterocycles. The van der Waals surface area contributed by atoms with Gasteiger partial charge in [0.25, 0.3) is 0 Å². The van der Waals surface area contributed by atoms with Crippen LogP contribution < -0.4 is 10.5 Å². The van der Waals surface area contributed by atoms with Crippen LogP contribution in [0.5, 0.6) is 5.75 Å². The minimum atomic E-state index is -4.80. The van der Waals surface area contributed by atoms with Gasteiger partial charge in [0.15, 0.2) is 0 Å². The van der Waals surface area contributed by atoms with Crippen molar-refractivity contribution < 1.29 is 40.6 Å². The molecule has 1 fully saturated rings. The molecule has 3 rings (SSSR count). The van der Waals surface area contributed by atoms with Crippen LogP contribution in [0, 0.1) is 11.8 Å². The lowest BCUT2D eigenvalue weighted by Gasteiger charge is -2.31. The smallest absolute Gasteiger partial charge is 0.461 e. The van der Waals surface area contributed by atoms with E-state index in [1.165, 1.54) is 36.4 Å². The molecule has 1 aliphatic rings. The maximum Gasteiger partial charge on any atom is 0.573 e. The summed E-state index contributed by atoms with van der Waals surface area (Å²) in [6.07, 6.45) is -7.23. The molecule has 0 bridgehead atoms. The van der Waals surface area contributed by atoms with Gasteiger partial charge in [-0.25, -0.2) is 0 Å². The third-order valence-electron chi connectivity index (χ3n) is 6.31. The zero-order chi connectivity index (χ0) is 25.8. The Morgan fingerprint density at radius 1 is 0.914 bits per heavy atom. The van der Waals surface area contributed by atoms with Crippen molar-refractivity contribution in [2.24, 2.45) is 17.6 Å². The number of alkyl halides is 6. The molecule has 1 heterocycles. The molecule has 1 unspecified atom stereocenters. The van der Waals surface area contributed by atoms with Crippen LogP contribution in [0.4, 0.5) is 26.3 Å². The number of esters is 1. The Morgan fingerprint density at radius 3 is 2.06 bits per heavy atom. The maximum atomic E-state index is 12.9. The molecule has 0 amide bonds. The fourth-order valence-electron chi connectivity index (χ4n) is 4.49. The van der Waals surface area contributed by atoms with Gasteiger partial charge in [0, 0.05) is 5.92 Å². The molecule has 0 spiro atoms. The van der Waals surface area contributed by atoms with Crippen molar-refractivity contribution >= 4 is 5.97 Å². The Kier molecular flexibility index (Phi) is 8.35. The molecule has 10 heteroatoms. The Bertz CT molecular complexity index is 973. The largest absolute Gasteiger partial charge is 0.573 e. The summed E-state index contributed by atoms with van der Waals surface area (Å²) in [6, 6.07) is 9.67. The summed E-state index contributed by atoms with van der Waals surface area (Å²) >= 11 is 0. The summed E-state index contributed by atoms with van der Waals surface area (Å²) in [6.45, 7) is 1.74. The first-order valence-electron chi connectivity index (χ1n) is 11.3. The number of hydrogen-bond acceptors (Lipinski definition) is 4. The van der Waals surface area contributed by atoms with Crippen molar-refractivity contribution in [3.8, 4) is 5.75 Å². The summed E-state index contributed by atoms with van der Waals surface area (Å²) in [5.74, 6) is -1.17. The number of nitrogens with two attached hydrogens (primary N) is 1. The van der Waals surface area contributed by atoms with Gasteiger partial charge in [0.2, 0.25) is 0 Å². The molecule has 4 atom stereocenters. The number of halogens is 6. The van der Waals surface area contributed by atoms with E-state index in [1.807, 2.05) is 0 Å². The third kappa shape index (κ3) is 7.88. The van der Waals surface area contributed by atoms with Gasteiger partial charge in [0.05, 0.1) is 5.56 Å². The van der Waals surface area contributed by atoms with Crippen molar-refractivity contribution in [3.05, 3.63) is 65.2 Å². The highest BCUT2D eigenvalue weighted by Gasteiger charge is 2.34. The van der Waals surface area contributed by atoms with Crippen LogP contribution in [-0.2, 0) is 28.5 Å². The number of cyclic esters (lactones) is 1. The number of hydrogen-bond donors (Lipinski definition) is 1. The molecule has 4 nitrogen and oxygen atoms in total. The molecule has 0 aromatic heterocycles. The van der Waals surface area contributed by atoms with Crippen LogP contribution in [0.3, 0.4) is 0 Å². The Hall–Kier alpha value is -2.75. The molecule has 0 saturated carbocycles. The van der Waals surface area contributed by atoms with Crippen molar-refractivity contribution in [1.82, 2.24) is 0 Å². The maximum absolute atomic E-state index is 12.9. The number of benzene rings is 2. The van der Waals surface area contributed by atoms with Crippen LogP contribution in [0.2, 0.25) is 0 Å². The lowest BCUT2D eigenvalue weighted by molar-refractivity contribution is -0.274. The minimum Gasteiger partial charge on any atom is -0.461 e. The molecule has 2 N–H and O–H groups in total. The quantitative estimate of drug-likeness (QED) is 0.398. The second-order valence-corrected chi connectivity index (χ2v) is 8.90. The summed E-state index contributed by atoms with van der Waals surface area (Å²) in [5, 5.41) is 0. The van der Waals surface area contributed by atoms with Gasteiger partial charge in [-0.15, -0.1) is 13.2 Å². The molecule has 192 valence electrons. The normalized spacial score (nSPS) is 24.2. The molecule has 2 aromatic rings. The number of ether oxygens (including phenoxy) is 2. The van der Waals surface area contributed by atoms with E-state index in [9.17, 15) is 31.1 Å². The monoisotopic (exact) mass is 503 g/mol. The summed E-state index contributed by atoms with van der Waals surface area (Å²) < 4.78 is 85.7. The van der Waals surface area contributed by atoms with Crippen LogP contribution in [0.25, 0.3) is 0 Å². The highest BCUT2D eigenvalue weighted by Crippen LogP contribution is 2.34. The molecule has 0 aliphatic carbocycles. The third-order valence-corrected chi connectivity index (χ3v) is 6.31. The molecule has 1 aliphatic heterocycles. The summed E-state index contributed by atoms with van der Waals surface area (Å²) in [4.78, 5) is 12.3. The highest BCUT2D eigenvalue weighted by atomic mass is 19.4. The predicted molar refractivity (Wildman–Crippen MR) is 116 cm³/mol. The van der Waals surface area contributed by atoms with E-state index >= 15 is 0 Å². The first-order valence-corrected chi connectivity index (χ1v) is 11.3. The van der Waals surface area contributed by atoms with Crippen LogP contribution >= 0.6 is 0 Å². The van der Waals surface area contributed by atoms with E-state index in [1.54, 1.807) is 6.92 Å². The predicted octanol–water partition coefficient (Wildman–Crippen LogP) is 6.06. The van der Waals surface area contributed by atoms with E-state index in [2.05, 4.69) is 4.74 Å². The summed E-state index contributed by atoms with van der Waals surface area (Å²) in [7, 11) is 0. The lowest BCUT2D eigenvalue weighted by atomic mass is 9.77. The molecular weight excluding hydrogens is 476 g/mol. The Labute approximate surface area is 199 Å². The second kappa shape index (κ2) is 10.9. The van der Waals surface area contributed by atoms with Gasteiger partial charge in [-0.1, -0.05) is 30.7 Å². The molecule has 2 aromatic carbocycles. The first-order chi connectivity index (χ1) is 16.3. The van der Waals surface area contributed by atoms with Crippen molar-refractivity contribution in [1.29, 1.82) is 0 Å². The zero-order valence-corrected chi connectivity index (χ0v) is 19.0. The van der Waals surface area contributed by atoms with E-state index in [0.717, 1.165) is 12.1 Å². The van der Waals surface area contributed by atoms with Crippen LogP contribution in [0.15, 0.2) is 48.5 Å².